The molecule has 4 rings (SSSR count). The number of aromatic nitrogens is 2. The molecule has 2 aromatic heterocycles. The zero-order valence-electron chi connectivity index (χ0n) is 16.2. The summed E-state index contributed by atoms with van der Waals surface area (Å²) >= 11 is 3.28. The molecule has 1 N–H and O–H groups in total. The van der Waals surface area contributed by atoms with Gasteiger partial charge in [-0.25, -0.2) is 9.97 Å². The molecule has 0 saturated heterocycles. The number of nitrogens with zero attached hydrogens (tertiary/aromatic N) is 2. The van der Waals surface area contributed by atoms with E-state index < -0.39 is 0 Å². The zero-order chi connectivity index (χ0) is 19.7. The highest BCUT2D eigenvalue weighted by molar-refractivity contribution is 8.00. The number of aryl methyl sites for hydroxylation is 2. The van der Waals surface area contributed by atoms with Gasteiger partial charge in [0.2, 0.25) is 5.91 Å². The fourth-order valence-electron chi connectivity index (χ4n) is 3.58. The first kappa shape index (κ1) is 19.2. The van der Waals surface area contributed by atoms with Gasteiger partial charge in [-0.1, -0.05) is 30.8 Å². The van der Waals surface area contributed by atoms with Gasteiger partial charge in [0.05, 0.1) is 18.6 Å². The lowest BCUT2D eigenvalue weighted by Crippen LogP contribution is -2.15. The zero-order valence-corrected chi connectivity index (χ0v) is 17.9. The quantitative estimate of drug-likeness (QED) is 0.478. The Morgan fingerprint density at radius 1 is 1.36 bits per heavy atom. The lowest BCUT2D eigenvalue weighted by atomic mass is 9.89. The van der Waals surface area contributed by atoms with E-state index in [4.69, 9.17) is 4.74 Å². The first-order chi connectivity index (χ1) is 13.5. The van der Waals surface area contributed by atoms with Gasteiger partial charge in [0.1, 0.15) is 21.4 Å². The number of benzene rings is 1. The van der Waals surface area contributed by atoms with Crippen LogP contribution in [0.4, 0.5) is 5.69 Å². The van der Waals surface area contributed by atoms with Gasteiger partial charge >= 0.3 is 0 Å². The van der Waals surface area contributed by atoms with E-state index in [2.05, 4.69) is 22.2 Å². The Labute approximate surface area is 172 Å². The number of amides is 1. The van der Waals surface area contributed by atoms with Crippen LogP contribution in [0.15, 0.2) is 29.3 Å². The molecule has 7 heteroatoms. The fraction of sp³-hybridized carbons (Fsp3) is 0.381. The van der Waals surface area contributed by atoms with Gasteiger partial charge in [-0.15, -0.1) is 11.3 Å². The molecule has 0 spiro atoms. The third-order valence-electron chi connectivity index (χ3n) is 4.95. The van der Waals surface area contributed by atoms with E-state index in [-0.39, 0.29) is 5.91 Å². The Morgan fingerprint density at radius 3 is 3.00 bits per heavy atom. The summed E-state index contributed by atoms with van der Waals surface area (Å²) in [6.07, 6.45) is 3.39. The van der Waals surface area contributed by atoms with Gasteiger partial charge < -0.3 is 10.1 Å². The van der Waals surface area contributed by atoms with Crippen molar-refractivity contribution in [2.75, 3.05) is 18.2 Å². The molecule has 146 valence electrons. The first-order valence-electron chi connectivity index (χ1n) is 9.39. The van der Waals surface area contributed by atoms with Gasteiger partial charge in [-0.2, -0.15) is 0 Å². The van der Waals surface area contributed by atoms with Gasteiger partial charge in [-0.3, -0.25) is 4.79 Å². The smallest absolute Gasteiger partial charge is 0.234 e. The van der Waals surface area contributed by atoms with Crippen LogP contribution >= 0.6 is 23.1 Å². The lowest BCUT2D eigenvalue weighted by Gasteiger charge is -2.18. The predicted molar refractivity (Wildman–Crippen MR) is 116 cm³/mol. The number of fused-ring (bicyclic) bond motifs is 3. The van der Waals surface area contributed by atoms with Gasteiger partial charge in [-0.05, 0) is 49.8 Å². The summed E-state index contributed by atoms with van der Waals surface area (Å²) in [5, 5.41) is 5.01. The number of ether oxygens (including phenoxy) is 1. The number of carbonyl (C=O) groups is 1. The number of rotatable bonds is 5. The molecule has 0 unspecified atom stereocenters. The number of thioether (sulfide) groups is 1. The van der Waals surface area contributed by atoms with E-state index in [9.17, 15) is 4.79 Å². The van der Waals surface area contributed by atoms with Crippen molar-refractivity contribution in [2.24, 2.45) is 5.92 Å². The maximum atomic E-state index is 12.5. The molecule has 1 aliphatic rings. The minimum absolute atomic E-state index is 0.0726. The Hall–Kier alpha value is -2.12. The minimum atomic E-state index is -0.0726. The van der Waals surface area contributed by atoms with Crippen molar-refractivity contribution in [2.45, 2.75) is 38.1 Å². The van der Waals surface area contributed by atoms with E-state index in [1.54, 1.807) is 18.4 Å². The van der Waals surface area contributed by atoms with Gasteiger partial charge in [0.25, 0.3) is 0 Å². The van der Waals surface area contributed by atoms with E-state index in [0.717, 1.165) is 39.8 Å². The van der Waals surface area contributed by atoms with Crippen molar-refractivity contribution >= 4 is 44.9 Å². The van der Waals surface area contributed by atoms with Gasteiger partial charge in [0, 0.05) is 10.3 Å². The maximum Gasteiger partial charge on any atom is 0.234 e. The standard InChI is InChI=1S/C21H23N3O2S2/c1-12-8-9-14-17(10-12)28-21-19(14)20(22-13(2)23-21)27-11-18(25)24-15-6-4-5-7-16(15)26-3/h4-7,12H,8-11H2,1-3H3,(H,24,25)/t12-/m0/s1. The summed E-state index contributed by atoms with van der Waals surface area (Å²) in [7, 11) is 1.60. The second-order valence-electron chi connectivity index (χ2n) is 7.15. The number of nitrogens with one attached hydrogen (secondary N) is 1. The Bertz CT molecular complexity index is 1030. The van der Waals surface area contributed by atoms with Crippen LogP contribution in [0.5, 0.6) is 5.75 Å². The summed E-state index contributed by atoms with van der Waals surface area (Å²) in [4.78, 5) is 24.3. The molecule has 0 bridgehead atoms. The molecular weight excluding hydrogens is 390 g/mol. The molecule has 5 nitrogen and oxygen atoms in total. The molecule has 28 heavy (non-hydrogen) atoms. The Kier molecular flexibility index (Phi) is 5.55. The molecule has 3 aromatic rings. The monoisotopic (exact) mass is 413 g/mol. The van der Waals surface area contributed by atoms with Crippen LogP contribution in [-0.2, 0) is 17.6 Å². The average Bonchev–Trinajstić information content (AvgIpc) is 3.03. The van der Waals surface area contributed by atoms with Crippen molar-refractivity contribution in [3.05, 3.63) is 40.5 Å². The van der Waals surface area contributed by atoms with Crippen LogP contribution < -0.4 is 10.1 Å². The number of hydrogen-bond acceptors (Lipinski definition) is 6. The number of carbonyl (C=O) groups excluding carboxylic acids is 1. The predicted octanol–water partition coefficient (Wildman–Crippen LogP) is 4.86. The topological polar surface area (TPSA) is 64.1 Å². The van der Waals surface area contributed by atoms with Crippen molar-refractivity contribution < 1.29 is 9.53 Å². The highest BCUT2D eigenvalue weighted by atomic mass is 32.2. The number of thiophene rings is 1. The van der Waals surface area contributed by atoms with Crippen LogP contribution in [0, 0.1) is 12.8 Å². The molecule has 1 atom stereocenters. The van der Waals surface area contributed by atoms with Crippen LogP contribution in [0.2, 0.25) is 0 Å². The summed E-state index contributed by atoms with van der Waals surface area (Å²) in [6, 6.07) is 7.43. The fourth-order valence-corrected chi connectivity index (χ4v) is 5.98. The van der Waals surface area contributed by atoms with E-state index in [1.807, 2.05) is 31.2 Å². The third kappa shape index (κ3) is 3.86. The molecule has 1 aliphatic carbocycles. The lowest BCUT2D eigenvalue weighted by molar-refractivity contribution is -0.113. The normalized spacial score (nSPS) is 16.0. The number of anilines is 1. The highest BCUT2D eigenvalue weighted by Gasteiger charge is 2.24. The molecular formula is C21H23N3O2S2. The average molecular weight is 414 g/mol. The van der Waals surface area contributed by atoms with Crippen molar-refractivity contribution in [1.29, 1.82) is 0 Å². The largest absolute Gasteiger partial charge is 0.495 e. The molecule has 2 heterocycles. The second kappa shape index (κ2) is 8.09. The van der Waals surface area contributed by atoms with Crippen LogP contribution in [0.25, 0.3) is 10.2 Å². The molecule has 0 radical (unpaired) electrons. The van der Waals surface area contributed by atoms with E-state index in [1.165, 1.54) is 28.6 Å². The van der Waals surface area contributed by atoms with Crippen LogP contribution in [0.3, 0.4) is 0 Å². The van der Waals surface area contributed by atoms with Crippen molar-refractivity contribution in [3.8, 4) is 5.75 Å². The minimum Gasteiger partial charge on any atom is -0.495 e. The third-order valence-corrected chi connectivity index (χ3v) is 7.08. The summed E-state index contributed by atoms with van der Waals surface area (Å²) < 4.78 is 5.30. The maximum absolute atomic E-state index is 12.5. The van der Waals surface area contributed by atoms with Gasteiger partial charge in [0.15, 0.2) is 0 Å². The molecule has 1 aromatic carbocycles. The Morgan fingerprint density at radius 2 is 2.18 bits per heavy atom. The van der Waals surface area contributed by atoms with E-state index in [0.29, 0.717) is 17.2 Å². The highest BCUT2D eigenvalue weighted by Crippen LogP contribution is 2.40. The van der Waals surface area contributed by atoms with Crippen LogP contribution in [0.1, 0.15) is 29.6 Å². The molecule has 0 saturated carbocycles. The first-order valence-corrected chi connectivity index (χ1v) is 11.2. The number of para-hydroxylation sites is 2. The molecule has 0 aliphatic heterocycles. The van der Waals surface area contributed by atoms with E-state index >= 15 is 0 Å². The molecule has 1 amide bonds. The SMILES string of the molecule is COc1ccccc1NC(=O)CSc1nc(C)nc2sc3c(c12)CC[C@H](C)C3. The summed E-state index contributed by atoms with van der Waals surface area (Å²) in [6.45, 7) is 4.22. The Balaban J connectivity index is 1.55. The molecule has 0 fully saturated rings. The summed E-state index contributed by atoms with van der Waals surface area (Å²) in [5.74, 6) is 2.35. The summed E-state index contributed by atoms with van der Waals surface area (Å²) in [5.41, 5.74) is 2.08. The second-order valence-corrected chi connectivity index (χ2v) is 9.19. The number of methoxy groups -OCH3 is 1. The van der Waals surface area contributed by atoms with Crippen LogP contribution in [-0.4, -0.2) is 28.7 Å². The number of hydrogen-bond donors (Lipinski definition) is 1. The van der Waals surface area contributed by atoms with Crippen molar-refractivity contribution in [1.82, 2.24) is 9.97 Å². The van der Waals surface area contributed by atoms with Crippen molar-refractivity contribution in [3.63, 3.8) is 0 Å².